The molecule has 0 fully saturated rings. The van der Waals surface area contributed by atoms with Gasteiger partial charge in [-0.05, 0) is 32.9 Å². The molecule has 1 N–H and O–H groups in total. The maximum Gasteiger partial charge on any atom is 0.163 e. The molecule has 0 aliphatic carbocycles. The van der Waals surface area contributed by atoms with E-state index in [9.17, 15) is 0 Å². The van der Waals surface area contributed by atoms with E-state index in [-0.39, 0.29) is 6.04 Å². The van der Waals surface area contributed by atoms with Gasteiger partial charge in [0, 0.05) is 23.3 Å². The van der Waals surface area contributed by atoms with E-state index in [1.807, 2.05) is 43.6 Å². The van der Waals surface area contributed by atoms with Gasteiger partial charge in [-0.25, -0.2) is 4.98 Å². The SMILES string of the molecule is CCOc1ccc(NC(C)c2nccs2)cc1OCC. The number of thiazole rings is 1. The van der Waals surface area contributed by atoms with E-state index in [2.05, 4.69) is 17.2 Å². The van der Waals surface area contributed by atoms with Gasteiger partial charge in [0.25, 0.3) is 0 Å². The second kappa shape index (κ2) is 7.14. The van der Waals surface area contributed by atoms with Crippen LogP contribution < -0.4 is 14.8 Å². The summed E-state index contributed by atoms with van der Waals surface area (Å²) in [4.78, 5) is 4.32. The highest BCUT2D eigenvalue weighted by molar-refractivity contribution is 7.09. The Morgan fingerprint density at radius 2 is 1.95 bits per heavy atom. The van der Waals surface area contributed by atoms with Gasteiger partial charge in [0.2, 0.25) is 0 Å². The molecule has 0 aliphatic rings. The van der Waals surface area contributed by atoms with Gasteiger partial charge in [0.05, 0.1) is 19.3 Å². The van der Waals surface area contributed by atoms with Crippen LogP contribution in [-0.2, 0) is 0 Å². The third kappa shape index (κ3) is 3.63. The average molecular weight is 292 g/mol. The Hall–Kier alpha value is -1.75. The highest BCUT2D eigenvalue weighted by Gasteiger charge is 2.10. The Bertz CT molecular complexity index is 529. The Labute approximate surface area is 123 Å². The van der Waals surface area contributed by atoms with Gasteiger partial charge in [-0.3, -0.25) is 0 Å². The Morgan fingerprint density at radius 1 is 1.20 bits per heavy atom. The number of anilines is 1. The minimum absolute atomic E-state index is 0.169. The van der Waals surface area contributed by atoms with Crippen molar-refractivity contribution < 1.29 is 9.47 Å². The van der Waals surface area contributed by atoms with Crippen molar-refractivity contribution in [2.75, 3.05) is 18.5 Å². The molecule has 2 rings (SSSR count). The number of hydrogen-bond acceptors (Lipinski definition) is 5. The molecule has 108 valence electrons. The van der Waals surface area contributed by atoms with Crippen LogP contribution in [-0.4, -0.2) is 18.2 Å². The van der Waals surface area contributed by atoms with Gasteiger partial charge in [0.15, 0.2) is 11.5 Å². The van der Waals surface area contributed by atoms with Gasteiger partial charge >= 0.3 is 0 Å². The third-order valence-corrected chi connectivity index (χ3v) is 3.71. The normalized spacial score (nSPS) is 11.9. The lowest BCUT2D eigenvalue weighted by atomic mass is 10.2. The largest absolute Gasteiger partial charge is 0.490 e. The van der Waals surface area contributed by atoms with Crippen molar-refractivity contribution in [3.05, 3.63) is 34.8 Å². The van der Waals surface area contributed by atoms with Crippen LogP contribution in [0, 0.1) is 0 Å². The first-order valence-electron chi connectivity index (χ1n) is 6.80. The van der Waals surface area contributed by atoms with Crippen molar-refractivity contribution in [2.45, 2.75) is 26.8 Å². The second-order valence-electron chi connectivity index (χ2n) is 4.26. The van der Waals surface area contributed by atoms with E-state index < -0.39 is 0 Å². The van der Waals surface area contributed by atoms with Crippen molar-refractivity contribution in [3.8, 4) is 11.5 Å². The van der Waals surface area contributed by atoms with Crippen molar-refractivity contribution in [2.24, 2.45) is 0 Å². The van der Waals surface area contributed by atoms with Crippen LogP contribution in [0.25, 0.3) is 0 Å². The smallest absolute Gasteiger partial charge is 0.163 e. The lowest BCUT2D eigenvalue weighted by molar-refractivity contribution is 0.288. The number of nitrogens with one attached hydrogen (secondary N) is 1. The highest BCUT2D eigenvalue weighted by atomic mass is 32.1. The summed E-state index contributed by atoms with van der Waals surface area (Å²) in [5.74, 6) is 1.55. The number of benzene rings is 1. The number of ether oxygens (including phenoxy) is 2. The van der Waals surface area contributed by atoms with E-state index in [1.54, 1.807) is 11.3 Å². The maximum atomic E-state index is 5.62. The summed E-state index contributed by atoms with van der Waals surface area (Å²) in [7, 11) is 0. The molecule has 1 atom stereocenters. The lowest BCUT2D eigenvalue weighted by Gasteiger charge is -2.16. The van der Waals surface area contributed by atoms with E-state index in [1.165, 1.54) is 0 Å². The number of rotatable bonds is 7. The van der Waals surface area contributed by atoms with Crippen LogP contribution in [0.3, 0.4) is 0 Å². The monoisotopic (exact) mass is 292 g/mol. The molecule has 4 nitrogen and oxygen atoms in total. The molecule has 1 unspecified atom stereocenters. The number of aromatic nitrogens is 1. The molecule has 1 aromatic heterocycles. The van der Waals surface area contributed by atoms with Crippen LogP contribution in [0.15, 0.2) is 29.8 Å². The van der Waals surface area contributed by atoms with Crippen molar-refractivity contribution >= 4 is 17.0 Å². The minimum Gasteiger partial charge on any atom is -0.490 e. The third-order valence-electron chi connectivity index (χ3n) is 2.75. The summed E-state index contributed by atoms with van der Waals surface area (Å²) in [6.45, 7) is 7.27. The molecule has 0 saturated heterocycles. The van der Waals surface area contributed by atoms with Gasteiger partial charge in [0.1, 0.15) is 5.01 Å². The molecular weight excluding hydrogens is 272 g/mol. The first kappa shape index (κ1) is 14.7. The Balaban J connectivity index is 2.13. The lowest BCUT2D eigenvalue weighted by Crippen LogP contribution is -2.07. The van der Waals surface area contributed by atoms with Gasteiger partial charge < -0.3 is 14.8 Å². The predicted molar refractivity (Wildman–Crippen MR) is 82.9 cm³/mol. The summed E-state index contributed by atoms with van der Waals surface area (Å²) < 4.78 is 11.2. The van der Waals surface area contributed by atoms with Gasteiger partial charge in [-0.1, -0.05) is 0 Å². The molecule has 0 amide bonds. The summed E-state index contributed by atoms with van der Waals surface area (Å²) in [5.41, 5.74) is 1.000. The van der Waals surface area contributed by atoms with Crippen LogP contribution in [0.1, 0.15) is 31.8 Å². The summed E-state index contributed by atoms with van der Waals surface area (Å²) in [6.07, 6.45) is 1.82. The molecule has 1 aromatic carbocycles. The van der Waals surface area contributed by atoms with Crippen molar-refractivity contribution in [3.63, 3.8) is 0 Å². The Kier molecular flexibility index (Phi) is 5.24. The van der Waals surface area contributed by atoms with Gasteiger partial charge in [-0.2, -0.15) is 0 Å². The zero-order valence-electron chi connectivity index (χ0n) is 12.1. The van der Waals surface area contributed by atoms with Crippen LogP contribution in [0.2, 0.25) is 0 Å². The van der Waals surface area contributed by atoms with Crippen LogP contribution in [0.4, 0.5) is 5.69 Å². The summed E-state index contributed by atoms with van der Waals surface area (Å²) in [6, 6.07) is 6.07. The molecule has 0 saturated carbocycles. The zero-order chi connectivity index (χ0) is 14.4. The van der Waals surface area contributed by atoms with Crippen molar-refractivity contribution in [1.29, 1.82) is 0 Å². The van der Waals surface area contributed by atoms with E-state index in [4.69, 9.17) is 9.47 Å². The first-order chi connectivity index (χ1) is 9.74. The Morgan fingerprint density at radius 3 is 2.60 bits per heavy atom. The van der Waals surface area contributed by atoms with Crippen LogP contribution in [0.5, 0.6) is 11.5 Å². The fourth-order valence-corrected chi connectivity index (χ4v) is 2.55. The molecule has 20 heavy (non-hydrogen) atoms. The van der Waals surface area contributed by atoms with E-state index >= 15 is 0 Å². The molecule has 0 spiro atoms. The summed E-state index contributed by atoms with van der Waals surface area (Å²) in [5, 5.41) is 6.47. The molecular formula is C15H20N2O2S. The fraction of sp³-hybridized carbons (Fsp3) is 0.400. The fourth-order valence-electron chi connectivity index (χ4n) is 1.90. The molecule has 0 radical (unpaired) electrons. The summed E-state index contributed by atoms with van der Waals surface area (Å²) >= 11 is 1.65. The molecule has 0 aliphatic heterocycles. The molecule has 0 bridgehead atoms. The maximum absolute atomic E-state index is 5.62. The van der Waals surface area contributed by atoms with Crippen molar-refractivity contribution in [1.82, 2.24) is 4.98 Å². The minimum atomic E-state index is 0.169. The quantitative estimate of drug-likeness (QED) is 0.834. The number of hydrogen-bond donors (Lipinski definition) is 1. The molecule has 5 heteroatoms. The average Bonchev–Trinajstić information content (AvgIpc) is 2.96. The molecule has 1 heterocycles. The number of nitrogens with zero attached hydrogens (tertiary/aromatic N) is 1. The van der Waals surface area contributed by atoms with E-state index in [0.717, 1.165) is 22.2 Å². The highest BCUT2D eigenvalue weighted by Crippen LogP contribution is 2.32. The zero-order valence-corrected chi connectivity index (χ0v) is 12.9. The molecule has 2 aromatic rings. The first-order valence-corrected chi connectivity index (χ1v) is 7.68. The topological polar surface area (TPSA) is 43.4 Å². The van der Waals surface area contributed by atoms with Gasteiger partial charge in [-0.15, -0.1) is 11.3 Å². The van der Waals surface area contributed by atoms with Crippen LogP contribution >= 0.6 is 11.3 Å². The standard InChI is InChI=1S/C15H20N2O2S/c1-4-18-13-7-6-12(10-14(13)19-5-2)17-11(3)15-16-8-9-20-15/h6-11,17H,4-5H2,1-3H3. The predicted octanol–water partition coefficient (Wildman–Crippen LogP) is 4.11. The van der Waals surface area contributed by atoms with E-state index in [0.29, 0.717) is 13.2 Å². The second-order valence-corrected chi connectivity index (χ2v) is 5.19.